The average Bonchev–Trinajstić information content (AvgIpc) is 2.96. The summed E-state index contributed by atoms with van der Waals surface area (Å²) in [4.78, 5) is 28.4. The van der Waals surface area contributed by atoms with Crippen molar-refractivity contribution >= 4 is 21.7 Å². The molecule has 2 aliphatic rings. The fraction of sp³-hybridized carbons (Fsp3) is 0.556. The number of ether oxygens (including phenoxy) is 1. The molecular weight excluding hydrogens is 356 g/mol. The number of rotatable bonds is 5. The van der Waals surface area contributed by atoms with Gasteiger partial charge in [0.05, 0.1) is 30.9 Å². The average molecular weight is 380 g/mol. The van der Waals surface area contributed by atoms with Crippen LogP contribution in [0.5, 0.6) is 0 Å². The molecule has 2 amide bonds. The predicted molar refractivity (Wildman–Crippen MR) is 96.0 cm³/mol. The lowest BCUT2D eigenvalue weighted by molar-refractivity contribution is -0.135. The highest BCUT2D eigenvalue weighted by Gasteiger charge is 2.42. The van der Waals surface area contributed by atoms with E-state index in [1.165, 1.54) is 0 Å². The molecule has 2 heterocycles. The number of sulfone groups is 1. The van der Waals surface area contributed by atoms with Crippen LogP contribution < -0.4 is 0 Å². The number of fused-ring (bicyclic) bond motifs is 1. The van der Waals surface area contributed by atoms with E-state index in [4.69, 9.17) is 4.74 Å². The lowest BCUT2D eigenvalue weighted by Crippen LogP contribution is -2.45. The molecule has 1 aromatic rings. The molecule has 0 radical (unpaired) electrons. The molecule has 0 unspecified atom stereocenters. The molecule has 0 saturated carbocycles. The van der Waals surface area contributed by atoms with Gasteiger partial charge in [0.1, 0.15) is 9.84 Å². The fourth-order valence-electron chi connectivity index (χ4n) is 3.47. The van der Waals surface area contributed by atoms with Crippen LogP contribution in [0, 0.1) is 0 Å². The fourth-order valence-corrected chi connectivity index (χ4v) is 4.01. The van der Waals surface area contributed by atoms with E-state index in [1.54, 1.807) is 9.80 Å². The van der Waals surface area contributed by atoms with E-state index in [1.807, 2.05) is 30.3 Å². The van der Waals surface area contributed by atoms with Crippen LogP contribution in [0.15, 0.2) is 30.3 Å². The maximum atomic E-state index is 12.6. The molecule has 2 aliphatic heterocycles. The summed E-state index contributed by atoms with van der Waals surface area (Å²) in [5, 5.41) is 0. The number of carbonyl (C=O) groups excluding carboxylic acids is 2. The summed E-state index contributed by atoms with van der Waals surface area (Å²) in [6.45, 7) is 1.60. The third-order valence-corrected chi connectivity index (χ3v) is 5.79. The number of hydrogen-bond acceptors (Lipinski definition) is 5. The number of amides is 2. The number of benzene rings is 1. The summed E-state index contributed by atoms with van der Waals surface area (Å²) in [6, 6.07) is 9.53. The molecule has 0 aromatic heterocycles. The van der Waals surface area contributed by atoms with Gasteiger partial charge in [-0.05, 0) is 5.56 Å². The first-order chi connectivity index (χ1) is 12.3. The minimum atomic E-state index is -3.18. The summed E-state index contributed by atoms with van der Waals surface area (Å²) >= 11 is 0. The summed E-state index contributed by atoms with van der Waals surface area (Å²) in [5.41, 5.74) is 1.03. The van der Waals surface area contributed by atoms with Gasteiger partial charge in [0.15, 0.2) is 0 Å². The highest BCUT2D eigenvalue weighted by atomic mass is 32.2. The predicted octanol–water partition coefficient (Wildman–Crippen LogP) is 0.450. The van der Waals surface area contributed by atoms with Gasteiger partial charge >= 0.3 is 0 Å². The molecule has 2 saturated heterocycles. The lowest BCUT2D eigenvalue weighted by atomic mass is 10.1. The second kappa shape index (κ2) is 7.75. The largest absolute Gasteiger partial charge is 0.374 e. The van der Waals surface area contributed by atoms with Crippen LogP contribution in [-0.2, 0) is 30.7 Å². The van der Waals surface area contributed by atoms with Gasteiger partial charge in [-0.3, -0.25) is 9.59 Å². The Balaban J connectivity index is 1.71. The molecule has 26 heavy (non-hydrogen) atoms. The topological polar surface area (TPSA) is 84.0 Å². The minimum absolute atomic E-state index is 0.0202. The van der Waals surface area contributed by atoms with Crippen molar-refractivity contribution in [2.24, 2.45) is 0 Å². The van der Waals surface area contributed by atoms with E-state index in [0.29, 0.717) is 32.7 Å². The van der Waals surface area contributed by atoms with Gasteiger partial charge in [0.25, 0.3) is 0 Å². The van der Waals surface area contributed by atoms with Crippen LogP contribution in [0.3, 0.4) is 0 Å². The smallest absolute Gasteiger partial charge is 0.225 e. The van der Waals surface area contributed by atoms with Crippen molar-refractivity contribution < 1.29 is 22.7 Å². The number of hydrogen-bond donors (Lipinski definition) is 0. The van der Waals surface area contributed by atoms with Crippen molar-refractivity contribution in [3.8, 4) is 0 Å². The maximum Gasteiger partial charge on any atom is 0.225 e. The van der Waals surface area contributed by atoms with Crippen LogP contribution in [0.1, 0.15) is 18.4 Å². The van der Waals surface area contributed by atoms with Gasteiger partial charge in [0, 0.05) is 32.3 Å². The third kappa shape index (κ3) is 4.62. The highest BCUT2D eigenvalue weighted by molar-refractivity contribution is 7.90. The SMILES string of the molecule is CS(=O)(=O)CCC(=O)N1C[C@@H]2OCCC(=O)N(Cc3ccccc3)[C@H]2C1. The molecule has 2 atom stereocenters. The Morgan fingerprint density at radius 3 is 2.65 bits per heavy atom. The first-order valence-corrected chi connectivity index (χ1v) is 10.8. The van der Waals surface area contributed by atoms with Gasteiger partial charge in [-0.15, -0.1) is 0 Å². The molecule has 0 bridgehead atoms. The van der Waals surface area contributed by atoms with Crippen LogP contribution in [0.25, 0.3) is 0 Å². The van der Waals surface area contributed by atoms with E-state index in [0.717, 1.165) is 11.8 Å². The molecule has 0 aliphatic carbocycles. The minimum Gasteiger partial charge on any atom is -0.374 e. The quantitative estimate of drug-likeness (QED) is 0.741. The Bertz CT molecular complexity index is 765. The molecular formula is C18H24N2O5S. The summed E-state index contributed by atoms with van der Waals surface area (Å²) < 4.78 is 28.4. The zero-order valence-electron chi connectivity index (χ0n) is 14.8. The van der Waals surface area contributed by atoms with Crippen molar-refractivity contribution in [3.63, 3.8) is 0 Å². The van der Waals surface area contributed by atoms with Crippen molar-refractivity contribution in [2.75, 3.05) is 31.7 Å². The summed E-state index contributed by atoms with van der Waals surface area (Å²) in [5.74, 6) is -0.350. The monoisotopic (exact) mass is 380 g/mol. The molecule has 0 spiro atoms. The Labute approximate surface area is 153 Å². The third-order valence-electron chi connectivity index (χ3n) is 4.84. The van der Waals surface area contributed by atoms with Gasteiger partial charge < -0.3 is 14.5 Å². The Morgan fingerprint density at radius 1 is 1.23 bits per heavy atom. The van der Waals surface area contributed by atoms with E-state index >= 15 is 0 Å². The number of likely N-dealkylation sites (tertiary alicyclic amines) is 1. The van der Waals surface area contributed by atoms with Gasteiger partial charge in [0.2, 0.25) is 11.8 Å². The second-order valence-electron chi connectivity index (χ2n) is 6.91. The van der Waals surface area contributed by atoms with Gasteiger partial charge in [-0.2, -0.15) is 0 Å². The van der Waals surface area contributed by atoms with E-state index in [2.05, 4.69) is 0 Å². The Hall–Kier alpha value is -1.93. The molecule has 7 nitrogen and oxygen atoms in total. The molecule has 142 valence electrons. The van der Waals surface area contributed by atoms with E-state index in [9.17, 15) is 18.0 Å². The number of nitrogens with zero attached hydrogens (tertiary/aromatic N) is 2. The maximum absolute atomic E-state index is 12.6. The van der Waals surface area contributed by atoms with Crippen LogP contribution in [0.2, 0.25) is 0 Å². The molecule has 8 heteroatoms. The van der Waals surface area contributed by atoms with Crippen molar-refractivity contribution in [1.82, 2.24) is 9.80 Å². The zero-order valence-corrected chi connectivity index (χ0v) is 15.7. The molecule has 0 N–H and O–H groups in total. The first-order valence-electron chi connectivity index (χ1n) is 8.74. The lowest BCUT2D eigenvalue weighted by Gasteiger charge is -2.29. The molecule has 3 rings (SSSR count). The van der Waals surface area contributed by atoms with Gasteiger partial charge in [-0.1, -0.05) is 30.3 Å². The molecule has 2 fully saturated rings. The van der Waals surface area contributed by atoms with Crippen molar-refractivity contribution in [3.05, 3.63) is 35.9 Å². The van der Waals surface area contributed by atoms with E-state index in [-0.39, 0.29) is 36.1 Å². The van der Waals surface area contributed by atoms with Crippen LogP contribution >= 0.6 is 0 Å². The number of carbonyl (C=O) groups is 2. The van der Waals surface area contributed by atoms with Crippen molar-refractivity contribution in [2.45, 2.75) is 31.5 Å². The summed E-state index contributed by atoms with van der Waals surface area (Å²) in [6.07, 6.45) is 1.19. The standard InChI is InChI=1S/C18H24N2O5S/c1-26(23,24)10-8-17(21)19-12-15-16(13-19)25-9-7-18(22)20(15)11-14-5-3-2-4-6-14/h2-6,15-16H,7-13H2,1H3/t15-,16-/m0/s1. The Kier molecular flexibility index (Phi) is 5.62. The summed E-state index contributed by atoms with van der Waals surface area (Å²) in [7, 11) is -3.18. The van der Waals surface area contributed by atoms with Gasteiger partial charge in [-0.25, -0.2) is 8.42 Å². The van der Waals surface area contributed by atoms with Crippen molar-refractivity contribution in [1.29, 1.82) is 0 Å². The highest BCUT2D eigenvalue weighted by Crippen LogP contribution is 2.25. The Morgan fingerprint density at radius 2 is 1.96 bits per heavy atom. The van der Waals surface area contributed by atoms with E-state index < -0.39 is 9.84 Å². The van der Waals surface area contributed by atoms with Crippen LogP contribution in [-0.4, -0.2) is 73.9 Å². The van der Waals surface area contributed by atoms with Crippen LogP contribution in [0.4, 0.5) is 0 Å². The normalized spacial score (nSPS) is 23.7. The second-order valence-corrected chi connectivity index (χ2v) is 9.17. The first kappa shape index (κ1) is 18.8. The molecule has 1 aromatic carbocycles. The zero-order chi connectivity index (χ0) is 18.7.